The summed E-state index contributed by atoms with van der Waals surface area (Å²) < 4.78 is 10.8. The van der Waals surface area contributed by atoms with Crippen molar-refractivity contribution >= 4 is 0 Å². The fraction of sp³-hybridized carbons (Fsp3) is 0.714. The maximum Gasteiger partial charge on any atom is 0.147 e. The molecule has 0 aliphatic heterocycles. The summed E-state index contributed by atoms with van der Waals surface area (Å²) in [5.74, 6) is 0.394. The molecular formula is C14H26O2. The smallest absolute Gasteiger partial charge is 0.147 e. The molecule has 2 nitrogen and oxygen atoms in total. The zero-order chi connectivity index (χ0) is 12.6. The van der Waals surface area contributed by atoms with Crippen LogP contribution in [0.15, 0.2) is 23.8 Å². The summed E-state index contributed by atoms with van der Waals surface area (Å²) in [5, 5.41) is 0. The second-order valence-electron chi connectivity index (χ2n) is 4.76. The maximum atomic E-state index is 5.49. The summed E-state index contributed by atoms with van der Waals surface area (Å²) in [4.78, 5) is 0. The lowest BCUT2D eigenvalue weighted by molar-refractivity contribution is -0.0844. The highest BCUT2D eigenvalue weighted by atomic mass is 16.7. The van der Waals surface area contributed by atoms with Crippen LogP contribution in [0.1, 0.15) is 41.0 Å². The first-order chi connectivity index (χ1) is 7.43. The Kier molecular flexibility index (Phi) is 8.22. The van der Waals surface area contributed by atoms with Crippen LogP contribution in [0, 0.1) is 5.92 Å². The van der Waals surface area contributed by atoms with Crippen LogP contribution < -0.4 is 0 Å². The molecule has 0 heterocycles. The molecule has 0 N–H and O–H groups in total. The largest absolute Gasteiger partial charge is 0.355 e. The van der Waals surface area contributed by atoms with Gasteiger partial charge >= 0.3 is 0 Å². The normalized spacial score (nSPS) is 12.6. The molecule has 94 valence electrons. The van der Waals surface area contributed by atoms with E-state index in [1.54, 1.807) is 0 Å². The van der Waals surface area contributed by atoms with Gasteiger partial charge in [-0.15, -0.1) is 0 Å². The number of ether oxygens (including phenoxy) is 2. The number of allylic oxidation sites excluding steroid dienone is 2. The van der Waals surface area contributed by atoms with Crippen molar-refractivity contribution in [3.05, 3.63) is 23.8 Å². The third kappa shape index (κ3) is 8.69. The molecule has 0 spiro atoms. The van der Waals surface area contributed by atoms with E-state index in [9.17, 15) is 0 Å². The van der Waals surface area contributed by atoms with Crippen molar-refractivity contribution in [3.8, 4) is 0 Å². The van der Waals surface area contributed by atoms with Crippen molar-refractivity contribution in [1.82, 2.24) is 0 Å². The third-order valence-corrected chi connectivity index (χ3v) is 2.31. The van der Waals surface area contributed by atoms with E-state index in [-0.39, 0.29) is 6.10 Å². The lowest BCUT2D eigenvalue weighted by Crippen LogP contribution is -2.14. The molecular weight excluding hydrogens is 200 g/mol. The quantitative estimate of drug-likeness (QED) is 0.354. The Balaban J connectivity index is 3.86. The SMILES string of the molecule is C=C(C)C(CC=C(C)C)COCOC(C)C. The Labute approximate surface area is 100 Å². The minimum absolute atomic E-state index is 0.223. The first-order valence-electron chi connectivity index (χ1n) is 5.91. The summed E-state index contributed by atoms with van der Waals surface area (Å²) in [6, 6.07) is 0. The second-order valence-corrected chi connectivity index (χ2v) is 4.76. The molecule has 0 saturated heterocycles. The van der Waals surface area contributed by atoms with E-state index < -0.39 is 0 Å². The fourth-order valence-electron chi connectivity index (χ4n) is 1.16. The molecule has 0 saturated carbocycles. The summed E-state index contributed by atoms with van der Waals surface area (Å²) in [7, 11) is 0. The predicted octanol–water partition coefficient (Wildman–Crippen LogP) is 3.93. The molecule has 0 aliphatic rings. The van der Waals surface area contributed by atoms with E-state index in [1.807, 2.05) is 13.8 Å². The van der Waals surface area contributed by atoms with Crippen molar-refractivity contribution in [2.75, 3.05) is 13.4 Å². The summed E-state index contributed by atoms with van der Waals surface area (Å²) in [6.07, 6.45) is 3.45. The third-order valence-electron chi connectivity index (χ3n) is 2.31. The van der Waals surface area contributed by atoms with Crippen molar-refractivity contribution in [3.63, 3.8) is 0 Å². The van der Waals surface area contributed by atoms with Gasteiger partial charge in [0.15, 0.2) is 0 Å². The maximum absolute atomic E-state index is 5.49. The van der Waals surface area contributed by atoms with Gasteiger partial charge < -0.3 is 9.47 Å². The van der Waals surface area contributed by atoms with E-state index in [2.05, 4.69) is 33.4 Å². The van der Waals surface area contributed by atoms with Crippen molar-refractivity contribution in [2.45, 2.75) is 47.1 Å². The first kappa shape index (κ1) is 15.4. The Morgan fingerprint density at radius 3 is 2.31 bits per heavy atom. The molecule has 0 aromatic rings. The van der Waals surface area contributed by atoms with Crippen molar-refractivity contribution in [2.24, 2.45) is 5.92 Å². The van der Waals surface area contributed by atoms with Gasteiger partial charge in [-0.2, -0.15) is 0 Å². The molecule has 16 heavy (non-hydrogen) atoms. The van der Waals surface area contributed by atoms with E-state index in [0.717, 1.165) is 6.42 Å². The molecule has 0 aromatic carbocycles. The highest BCUT2D eigenvalue weighted by Crippen LogP contribution is 2.15. The number of hydrogen-bond acceptors (Lipinski definition) is 2. The van der Waals surface area contributed by atoms with Crippen LogP contribution in [-0.2, 0) is 9.47 Å². The Morgan fingerprint density at radius 2 is 1.88 bits per heavy atom. The Bertz CT molecular complexity index is 225. The van der Waals surface area contributed by atoms with E-state index in [1.165, 1.54) is 11.1 Å². The van der Waals surface area contributed by atoms with Crippen molar-refractivity contribution in [1.29, 1.82) is 0 Å². The van der Waals surface area contributed by atoms with Gasteiger partial charge in [0, 0.05) is 5.92 Å². The fourth-order valence-corrected chi connectivity index (χ4v) is 1.16. The monoisotopic (exact) mass is 226 g/mol. The zero-order valence-electron chi connectivity index (χ0n) is 11.4. The molecule has 2 heteroatoms. The molecule has 0 aromatic heterocycles. The van der Waals surface area contributed by atoms with Crippen molar-refractivity contribution < 1.29 is 9.47 Å². The van der Waals surface area contributed by atoms with E-state index in [4.69, 9.17) is 9.47 Å². The molecule has 0 rings (SSSR count). The van der Waals surface area contributed by atoms with Crippen LogP contribution in [0.3, 0.4) is 0 Å². The predicted molar refractivity (Wildman–Crippen MR) is 69.4 cm³/mol. The van der Waals surface area contributed by atoms with Crippen LogP contribution in [0.25, 0.3) is 0 Å². The molecule has 0 fully saturated rings. The molecule has 0 aliphatic carbocycles. The van der Waals surface area contributed by atoms with E-state index >= 15 is 0 Å². The first-order valence-corrected chi connectivity index (χ1v) is 5.91. The summed E-state index contributed by atoms with van der Waals surface area (Å²) in [6.45, 7) is 15.3. The van der Waals surface area contributed by atoms with Gasteiger partial charge in [-0.25, -0.2) is 0 Å². The van der Waals surface area contributed by atoms with Crippen LogP contribution in [0.2, 0.25) is 0 Å². The van der Waals surface area contributed by atoms with Crippen LogP contribution in [-0.4, -0.2) is 19.5 Å². The van der Waals surface area contributed by atoms with Gasteiger partial charge in [-0.05, 0) is 41.0 Å². The zero-order valence-corrected chi connectivity index (χ0v) is 11.4. The second kappa shape index (κ2) is 8.54. The van der Waals surface area contributed by atoms with Gasteiger partial charge in [0.2, 0.25) is 0 Å². The lowest BCUT2D eigenvalue weighted by Gasteiger charge is -2.16. The van der Waals surface area contributed by atoms with Crippen LogP contribution in [0.5, 0.6) is 0 Å². The minimum Gasteiger partial charge on any atom is -0.355 e. The minimum atomic E-state index is 0.223. The topological polar surface area (TPSA) is 18.5 Å². The molecule has 0 radical (unpaired) electrons. The Hall–Kier alpha value is -0.600. The van der Waals surface area contributed by atoms with E-state index in [0.29, 0.717) is 19.3 Å². The number of hydrogen-bond donors (Lipinski definition) is 0. The molecule has 1 atom stereocenters. The van der Waals surface area contributed by atoms with Gasteiger partial charge in [0.1, 0.15) is 6.79 Å². The standard InChI is InChI=1S/C14H26O2/c1-11(2)7-8-14(12(3)4)9-15-10-16-13(5)6/h7,13-14H,3,8-10H2,1-2,4-6H3. The molecule has 1 unspecified atom stereocenters. The highest BCUT2D eigenvalue weighted by Gasteiger charge is 2.08. The van der Waals surface area contributed by atoms with Gasteiger partial charge in [0.25, 0.3) is 0 Å². The van der Waals surface area contributed by atoms with Gasteiger partial charge in [-0.3, -0.25) is 0 Å². The average Bonchev–Trinajstić information content (AvgIpc) is 2.15. The average molecular weight is 226 g/mol. The lowest BCUT2D eigenvalue weighted by atomic mass is 9.98. The van der Waals surface area contributed by atoms with Crippen LogP contribution >= 0.6 is 0 Å². The summed E-state index contributed by atoms with van der Waals surface area (Å²) >= 11 is 0. The molecule has 0 amide bonds. The molecule has 0 bridgehead atoms. The number of rotatable bonds is 8. The Morgan fingerprint density at radius 1 is 1.25 bits per heavy atom. The summed E-state index contributed by atoms with van der Waals surface area (Å²) in [5.41, 5.74) is 2.51. The van der Waals surface area contributed by atoms with Crippen LogP contribution in [0.4, 0.5) is 0 Å². The van der Waals surface area contributed by atoms with Gasteiger partial charge in [0.05, 0.1) is 12.7 Å². The van der Waals surface area contributed by atoms with Gasteiger partial charge in [-0.1, -0.05) is 23.8 Å². The highest BCUT2D eigenvalue weighted by molar-refractivity contribution is 5.02.